The zero-order chi connectivity index (χ0) is 22.7. The van der Waals surface area contributed by atoms with Gasteiger partial charge in [0.05, 0.1) is 6.54 Å². The number of rotatable bonds is 7. The highest BCUT2D eigenvalue weighted by Gasteiger charge is 2.32. The fourth-order valence-electron chi connectivity index (χ4n) is 4.49. The number of carbonyl (C=O) groups is 1. The molecule has 1 aromatic heterocycles. The van der Waals surface area contributed by atoms with Gasteiger partial charge in [-0.05, 0) is 49.8 Å². The van der Waals surface area contributed by atoms with Crippen molar-refractivity contribution in [3.8, 4) is 5.75 Å². The van der Waals surface area contributed by atoms with Crippen LogP contribution in [-0.4, -0.2) is 46.1 Å². The first kappa shape index (κ1) is 22.4. The molecule has 1 aliphatic carbocycles. The molecule has 0 spiro atoms. The van der Waals surface area contributed by atoms with Crippen molar-refractivity contribution < 1.29 is 22.7 Å². The van der Waals surface area contributed by atoms with Gasteiger partial charge >= 0.3 is 6.36 Å². The Kier molecular flexibility index (Phi) is 6.55. The molecule has 1 aromatic carbocycles. The third-order valence-electron chi connectivity index (χ3n) is 5.97. The summed E-state index contributed by atoms with van der Waals surface area (Å²) < 4.78 is 43.3. The molecule has 0 bridgehead atoms. The Balaban J connectivity index is 1.46. The van der Waals surface area contributed by atoms with Crippen LogP contribution in [0.15, 0.2) is 36.9 Å². The Morgan fingerprint density at radius 1 is 1.31 bits per heavy atom. The molecule has 1 amide bonds. The highest BCUT2D eigenvalue weighted by molar-refractivity contribution is 5.94. The van der Waals surface area contributed by atoms with E-state index in [1.807, 2.05) is 9.58 Å². The van der Waals surface area contributed by atoms with E-state index in [-0.39, 0.29) is 17.7 Å². The van der Waals surface area contributed by atoms with Crippen molar-refractivity contribution in [2.24, 2.45) is 0 Å². The molecule has 1 saturated heterocycles. The minimum absolute atomic E-state index is 0.0146. The summed E-state index contributed by atoms with van der Waals surface area (Å²) in [7, 11) is 0. The smallest absolute Gasteiger partial charge is 0.406 e. The minimum Gasteiger partial charge on any atom is -0.406 e. The number of nitrogens with one attached hydrogen (secondary N) is 1. The molecule has 172 valence electrons. The monoisotopic (exact) mass is 448 g/mol. The molecule has 9 heteroatoms. The van der Waals surface area contributed by atoms with Gasteiger partial charge in [0.15, 0.2) is 5.69 Å². The fourth-order valence-corrected chi connectivity index (χ4v) is 4.49. The second kappa shape index (κ2) is 9.36. The summed E-state index contributed by atoms with van der Waals surface area (Å²) in [6.45, 7) is 6.29. The van der Waals surface area contributed by atoms with E-state index in [1.165, 1.54) is 12.1 Å². The number of aromatic nitrogens is 2. The Hall–Kier alpha value is -2.81. The van der Waals surface area contributed by atoms with Gasteiger partial charge in [0, 0.05) is 36.9 Å². The predicted octanol–water partition coefficient (Wildman–Crippen LogP) is 3.85. The maximum Gasteiger partial charge on any atom is 0.573 e. The predicted molar refractivity (Wildman–Crippen MR) is 113 cm³/mol. The summed E-state index contributed by atoms with van der Waals surface area (Å²) in [5, 5.41) is 8.05. The molecule has 0 radical (unpaired) electrons. The van der Waals surface area contributed by atoms with Crippen molar-refractivity contribution in [2.45, 2.75) is 57.6 Å². The summed E-state index contributed by atoms with van der Waals surface area (Å²) in [5.74, 6) is -0.244. The molecule has 2 heterocycles. The molecular formula is C23H27F3N4O2. The lowest BCUT2D eigenvalue weighted by molar-refractivity contribution is -0.274. The number of fused-ring (bicyclic) bond motifs is 1. The van der Waals surface area contributed by atoms with Crippen molar-refractivity contribution in [3.05, 3.63) is 59.4 Å². The normalized spacial score (nSPS) is 18.5. The first-order valence-electron chi connectivity index (χ1n) is 10.9. The second-order valence-electron chi connectivity index (χ2n) is 8.26. The van der Waals surface area contributed by atoms with Gasteiger partial charge in [0.2, 0.25) is 0 Å². The van der Waals surface area contributed by atoms with Crippen molar-refractivity contribution in [1.82, 2.24) is 20.0 Å². The molecule has 1 N–H and O–H groups in total. The quantitative estimate of drug-likeness (QED) is 0.654. The Bertz CT molecular complexity index is 980. The SMILES string of the molecule is C=CCn1nc(C(=O)N2CCCC2)c2c1CCC(NCc1cccc(OC(F)(F)F)c1)C2. The van der Waals surface area contributed by atoms with Crippen LogP contribution in [-0.2, 0) is 25.9 Å². The van der Waals surface area contributed by atoms with Crippen LogP contribution < -0.4 is 10.1 Å². The summed E-state index contributed by atoms with van der Waals surface area (Å²) in [6, 6.07) is 6.08. The molecular weight excluding hydrogens is 421 g/mol. The van der Waals surface area contributed by atoms with Gasteiger partial charge in [-0.15, -0.1) is 19.8 Å². The van der Waals surface area contributed by atoms with Gasteiger partial charge in [-0.1, -0.05) is 18.2 Å². The molecule has 4 rings (SSSR count). The molecule has 1 fully saturated rings. The highest BCUT2D eigenvalue weighted by Crippen LogP contribution is 2.28. The topological polar surface area (TPSA) is 59.4 Å². The summed E-state index contributed by atoms with van der Waals surface area (Å²) in [5.41, 5.74) is 3.27. The highest BCUT2D eigenvalue weighted by atomic mass is 19.4. The van der Waals surface area contributed by atoms with Crippen LogP contribution in [0.2, 0.25) is 0 Å². The lowest BCUT2D eigenvalue weighted by Gasteiger charge is -2.25. The van der Waals surface area contributed by atoms with E-state index in [4.69, 9.17) is 0 Å². The molecule has 1 unspecified atom stereocenters. The van der Waals surface area contributed by atoms with E-state index in [0.717, 1.165) is 50.0 Å². The van der Waals surface area contributed by atoms with Crippen LogP contribution in [0.3, 0.4) is 0 Å². The molecule has 32 heavy (non-hydrogen) atoms. The minimum atomic E-state index is -4.71. The molecule has 1 aliphatic heterocycles. The number of carbonyl (C=O) groups excluding carboxylic acids is 1. The molecule has 1 atom stereocenters. The summed E-state index contributed by atoms with van der Waals surface area (Å²) in [4.78, 5) is 14.9. The van der Waals surface area contributed by atoms with E-state index in [9.17, 15) is 18.0 Å². The number of allylic oxidation sites excluding steroid dienone is 1. The molecule has 0 saturated carbocycles. The molecule has 2 aromatic rings. The third-order valence-corrected chi connectivity index (χ3v) is 5.97. The number of benzene rings is 1. The number of halogens is 3. The second-order valence-corrected chi connectivity index (χ2v) is 8.26. The van der Waals surface area contributed by atoms with E-state index in [2.05, 4.69) is 21.7 Å². The average molecular weight is 448 g/mol. The largest absolute Gasteiger partial charge is 0.573 e. The van der Waals surface area contributed by atoms with E-state index in [0.29, 0.717) is 30.8 Å². The van der Waals surface area contributed by atoms with Crippen LogP contribution in [0.1, 0.15) is 46.6 Å². The number of hydrogen-bond acceptors (Lipinski definition) is 4. The van der Waals surface area contributed by atoms with Gasteiger partial charge in [0.25, 0.3) is 5.91 Å². The Labute approximate surface area is 185 Å². The van der Waals surface area contributed by atoms with E-state index < -0.39 is 6.36 Å². The zero-order valence-corrected chi connectivity index (χ0v) is 17.8. The van der Waals surface area contributed by atoms with Gasteiger partial charge in [-0.25, -0.2) is 0 Å². The van der Waals surface area contributed by atoms with E-state index in [1.54, 1.807) is 18.2 Å². The summed E-state index contributed by atoms with van der Waals surface area (Å²) in [6.07, 6.45) is 1.38. The number of alkyl halides is 3. The van der Waals surface area contributed by atoms with Crippen LogP contribution in [0.4, 0.5) is 13.2 Å². The van der Waals surface area contributed by atoms with Crippen LogP contribution >= 0.6 is 0 Å². The number of ether oxygens (including phenoxy) is 1. The number of likely N-dealkylation sites (tertiary alicyclic amines) is 1. The van der Waals surface area contributed by atoms with Crippen molar-refractivity contribution in [3.63, 3.8) is 0 Å². The third kappa shape index (κ3) is 5.15. The number of nitrogens with zero attached hydrogens (tertiary/aromatic N) is 3. The zero-order valence-electron chi connectivity index (χ0n) is 17.8. The Morgan fingerprint density at radius 3 is 2.81 bits per heavy atom. The lowest BCUT2D eigenvalue weighted by Crippen LogP contribution is -2.35. The fraction of sp³-hybridized carbons (Fsp3) is 0.478. The average Bonchev–Trinajstić information content (AvgIpc) is 3.40. The van der Waals surface area contributed by atoms with E-state index >= 15 is 0 Å². The van der Waals surface area contributed by atoms with Gasteiger partial charge in [-0.2, -0.15) is 5.10 Å². The number of amides is 1. The summed E-state index contributed by atoms with van der Waals surface area (Å²) >= 11 is 0. The van der Waals surface area contributed by atoms with Gasteiger partial charge in [0.1, 0.15) is 5.75 Å². The number of hydrogen-bond donors (Lipinski definition) is 1. The van der Waals surface area contributed by atoms with Crippen LogP contribution in [0.25, 0.3) is 0 Å². The molecule has 2 aliphatic rings. The molecule has 6 nitrogen and oxygen atoms in total. The van der Waals surface area contributed by atoms with Crippen LogP contribution in [0.5, 0.6) is 5.75 Å². The van der Waals surface area contributed by atoms with Crippen molar-refractivity contribution in [1.29, 1.82) is 0 Å². The van der Waals surface area contributed by atoms with Crippen molar-refractivity contribution >= 4 is 5.91 Å². The first-order valence-corrected chi connectivity index (χ1v) is 10.9. The van der Waals surface area contributed by atoms with Crippen molar-refractivity contribution in [2.75, 3.05) is 13.1 Å². The van der Waals surface area contributed by atoms with Gasteiger partial charge in [-0.3, -0.25) is 9.48 Å². The first-order chi connectivity index (χ1) is 15.3. The lowest BCUT2D eigenvalue weighted by atomic mass is 9.91. The Morgan fingerprint density at radius 2 is 2.09 bits per heavy atom. The maximum absolute atomic E-state index is 13.1. The van der Waals surface area contributed by atoms with Crippen LogP contribution in [0, 0.1) is 0 Å². The standard InChI is InChI=1S/C23H27F3N4O2/c1-2-10-30-20-9-8-17(14-19(20)21(28-30)22(31)29-11-3-4-12-29)27-15-16-6-5-7-18(13-16)32-23(24,25)26/h2,5-7,13,17,27H,1,3-4,8-12,14-15H2. The maximum atomic E-state index is 13.1. The van der Waals surface area contributed by atoms with Gasteiger partial charge < -0.3 is 15.0 Å².